The van der Waals surface area contributed by atoms with Gasteiger partial charge in [-0.1, -0.05) is 11.6 Å². The van der Waals surface area contributed by atoms with Crippen molar-refractivity contribution in [1.82, 2.24) is 19.4 Å². The Bertz CT molecular complexity index is 1130. The second-order valence-corrected chi connectivity index (χ2v) is 13.4. The fraction of sp³-hybridized carbons (Fsp3) is 0.692. The Morgan fingerprint density at radius 1 is 1.11 bits per heavy atom. The van der Waals surface area contributed by atoms with Crippen LogP contribution in [0.2, 0.25) is 5.02 Å². The molecule has 4 fully saturated rings. The molecule has 10 nitrogen and oxygen atoms in total. The van der Waals surface area contributed by atoms with Crippen LogP contribution in [-0.2, 0) is 24.3 Å². The molecule has 4 aliphatic rings. The Morgan fingerprint density at radius 3 is 2.34 bits per heavy atom. The fourth-order valence-electron chi connectivity index (χ4n) is 5.49. The van der Waals surface area contributed by atoms with Crippen LogP contribution in [0.5, 0.6) is 0 Å². The molecular weight excluding hydrogens is 532 g/mol. The maximum atomic E-state index is 13.9. The number of carbonyl (C=O) groups is 2. The van der Waals surface area contributed by atoms with Gasteiger partial charge in [-0.05, 0) is 69.7 Å². The van der Waals surface area contributed by atoms with E-state index in [0.717, 1.165) is 12.8 Å². The molecule has 0 bridgehead atoms. The minimum absolute atomic E-state index is 0.0301. The van der Waals surface area contributed by atoms with Crippen molar-refractivity contribution in [3.63, 3.8) is 0 Å². The summed E-state index contributed by atoms with van der Waals surface area (Å²) >= 11 is 6.02. The molecule has 210 valence electrons. The number of amides is 2. The highest BCUT2D eigenvalue weighted by Crippen LogP contribution is 2.50. The molecule has 2 heterocycles. The number of piperazine rings is 1. The van der Waals surface area contributed by atoms with Crippen LogP contribution in [-0.4, -0.2) is 104 Å². The molecule has 2 atom stereocenters. The number of sulfonamides is 1. The second-order valence-electron chi connectivity index (χ2n) is 11.2. The molecule has 1 aromatic rings. The predicted molar refractivity (Wildman–Crippen MR) is 141 cm³/mol. The van der Waals surface area contributed by atoms with Crippen LogP contribution in [0.3, 0.4) is 0 Å². The third-order valence-electron chi connectivity index (χ3n) is 7.84. The molecule has 2 amide bonds. The summed E-state index contributed by atoms with van der Waals surface area (Å²) in [5.74, 6) is 0.213. The van der Waals surface area contributed by atoms with E-state index in [-0.39, 0.29) is 35.4 Å². The predicted octanol–water partition coefficient (Wildman–Crippen LogP) is 2.32. The quantitative estimate of drug-likeness (QED) is 0.513. The van der Waals surface area contributed by atoms with Crippen molar-refractivity contribution in [1.29, 1.82) is 0 Å². The second kappa shape index (κ2) is 10.9. The van der Waals surface area contributed by atoms with Crippen molar-refractivity contribution in [2.45, 2.75) is 68.2 Å². The average molecular weight is 569 g/mol. The normalized spacial score (nSPS) is 26.3. The molecule has 0 aromatic heterocycles. The summed E-state index contributed by atoms with van der Waals surface area (Å²) in [6.45, 7) is 6.70. The molecule has 0 spiro atoms. The van der Waals surface area contributed by atoms with Gasteiger partial charge >= 0.3 is 6.09 Å². The van der Waals surface area contributed by atoms with Gasteiger partial charge in [0, 0.05) is 37.2 Å². The smallest absolute Gasteiger partial charge is 0.410 e. The van der Waals surface area contributed by atoms with Gasteiger partial charge in [-0.25, -0.2) is 13.2 Å². The number of carbonyl (C=O) groups excluding carboxylic acids is 2. The van der Waals surface area contributed by atoms with Gasteiger partial charge in [0.15, 0.2) is 0 Å². The average Bonchev–Trinajstić information content (AvgIpc) is 3.79. The van der Waals surface area contributed by atoms with Gasteiger partial charge < -0.3 is 19.7 Å². The van der Waals surface area contributed by atoms with Crippen LogP contribution in [0.15, 0.2) is 29.2 Å². The Balaban J connectivity index is 1.28. The van der Waals surface area contributed by atoms with Crippen LogP contribution in [0.1, 0.15) is 39.5 Å². The monoisotopic (exact) mass is 568 g/mol. The van der Waals surface area contributed by atoms with E-state index in [1.54, 1.807) is 21.3 Å². The van der Waals surface area contributed by atoms with E-state index in [9.17, 15) is 18.0 Å². The molecule has 38 heavy (non-hydrogen) atoms. The first-order valence-corrected chi connectivity index (χ1v) is 15.3. The Labute approximate surface area is 229 Å². The molecule has 2 saturated carbocycles. The lowest BCUT2D eigenvalue weighted by atomic mass is 10.0. The number of ether oxygens (including phenoxy) is 2. The molecule has 1 aromatic carbocycles. The Hall–Kier alpha value is -1.92. The van der Waals surface area contributed by atoms with Crippen LogP contribution in [0.4, 0.5) is 4.79 Å². The SMILES string of the molecule is CC(C)NC(=O)CN1CCN(C(=O)OC2([C@H]3COC[C@@H](C4CC4)N3S(=O)(=O)c3ccc(Cl)cc3)CC2)CC1. The number of rotatable bonds is 8. The third kappa shape index (κ3) is 5.96. The zero-order valence-electron chi connectivity index (χ0n) is 22.0. The lowest BCUT2D eigenvalue weighted by molar-refractivity contribution is -0.123. The fourth-order valence-corrected chi connectivity index (χ4v) is 7.51. The summed E-state index contributed by atoms with van der Waals surface area (Å²) in [7, 11) is -3.87. The first kappa shape index (κ1) is 27.6. The van der Waals surface area contributed by atoms with E-state index < -0.39 is 27.8 Å². The minimum Gasteiger partial charge on any atom is -0.441 e. The standard InChI is InChI=1S/C26H37ClN4O6S/c1-18(2)28-24(32)15-29-11-13-30(14-12-29)25(33)37-26(9-10-26)23-17-36-16-22(19-3-4-19)31(23)38(34,35)21-7-5-20(27)6-8-21/h5-8,18-19,22-23H,3-4,9-17H2,1-2H3,(H,28,32)/t22-,23+/m0/s1. The highest BCUT2D eigenvalue weighted by molar-refractivity contribution is 7.89. The number of benzene rings is 1. The van der Waals surface area contributed by atoms with Crippen molar-refractivity contribution in [2.75, 3.05) is 45.9 Å². The minimum atomic E-state index is -3.87. The summed E-state index contributed by atoms with van der Waals surface area (Å²) in [5, 5.41) is 3.36. The molecular formula is C26H37ClN4O6S. The van der Waals surface area contributed by atoms with Gasteiger partial charge in [-0.3, -0.25) is 9.69 Å². The van der Waals surface area contributed by atoms with Crippen molar-refractivity contribution >= 4 is 33.6 Å². The van der Waals surface area contributed by atoms with Crippen LogP contribution < -0.4 is 5.32 Å². The zero-order valence-corrected chi connectivity index (χ0v) is 23.5. The number of morpholine rings is 1. The lowest BCUT2D eigenvalue weighted by Crippen LogP contribution is -2.62. The van der Waals surface area contributed by atoms with E-state index in [0.29, 0.717) is 57.2 Å². The van der Waals surface area contributed by atoms with Gasteiger partial charge in [0.2, 0.25) is 15.9 Å². The maximum absolute atomic E-state index is 13.9. The van der Waals surface area contributed by atoms with E-state index in [4.69, 9.17) is 21.1 Å². The highest BCUT2D eigenvalue weighted by Gasteiger charge is 2.61. The summed E-state index contributed by atoms with van der Waals surface area (Å²) in [5.41, 5.74) is -0.904. The van der Waals surface area contributed by atoms with E-state index in [1.807, 2.05) is 18.7 Å². The molecule has 5 rings (SSSR count). The first-order valence-electron chi connectivity index (χ1n) is 13.5. The highest BCUT2D eigenvalue weighted by atomic mass is 35.5. The topological polar surface area (TPSA) is 108 Å². The number of nitrogens with one attached hydrogen (secondary N) is 1. The third-order valence-corrected chi connectivity index (χ3v) is 10.0. The Morgan fingerprint density at radius 2 is 1.76 bits per heavy atom. The maximum Gasteiger partial charge on any atom is 0.410 e. The van der Waals surface area contributed by atoms with E-state index >= 15 is 0 Å². The van der Waals surface area contributed by atoms with E-state index in [1.165, 1.54) is 12.1 Å². The van der Waals surface area contributed by atoms with Gasteiger partial charge in [0.25, 0.3) is 0 Å². The van der Waals surface area contributed by atoms with Crippen molar-refractivity contribution < 1.29 is 27.5 Å². The summed E-state index contributed by atoms with van der Waals surface area (Å²) < 4.78 is 41.5. The first-order chi connectivity index (χ1) is 18.1. The molecule has 0 radical (unpaired) electrons. The van der Waals surface area contributed by atoms with Crippen molar-refractivity contribution in [3.8, 4) is 0 Å². The molecule has 2 aliphatic heterocycles. The van der Waals surface area contributed by atoms with Crippen molar-refractivity contribution in [2.24, 2.45) is 5.92 Å². The molecule has 12 heteroatoms. The number of halogens is 1. The summed E-state index contributed by atoms with van der Waals surface area (Å²) in [6, 6.07) is 5.42. The zero-order chi connectivity index (χ0) is 27.1. The van der Waals surface area contributed by atoms with Gasteiger partial charge in [-0.15, -0.1) is 0 Å². The van der Waals surface area contributed by atoms with Crippen LogP contribution in [0.25, 0.3) is 0 Å². The molecule has 0 unspecified atom stereocenters. The Kier molecular flexibility index (Phi) is 7.94. The number of hydrogen-bond acceptors (Lipinski definition) is 7. The van der Waals surface area contributed by atoms with Gasteiger partial charge in [0.05, 0.1) is 36.7 Å². The summed E-state index contributed by atoms with van der Waals surface area (Å²) in [4.78, 5) is 29.2. The molecule has 2 saturated heterocycles. The van der Waals surface area contributed by atoms with Crippen LogP contribution in [0, 0.1) is 5.92 Å². The lowest BCUT2D eigenvalue weighted by Gasteiger charge is -2.44. The van der Waals surface area contributed by atoms with Gasteiger partial charge in [-0.2, -0.15) is 4.31 Å². The van der Waals surface area contributed by atoms with E-state index in [2.05, 4.69) is 5.32 Å². The molecule has 2 aliphatic carbocycles. The number of nitrogens with zero attached hydrogens (tertiary/aromatic N) is 3. The molecule has 1 N–H and O–H groups in total. The van der Waals surface area contributed by atoms with Gasteiger partial charge in [0.1, 0.15) is 5.60 Å². The number of hydrogen-bond donors (Lipinski definition) is 1. The van der Waals surface area contributed by atoms with Crippen LogP contribution >= 0.6 is 11.6 Å². The van der Waals surface area contributed by atoms with Crippen molar-refractivity contribution in [3.05, 3.63) is 29.3 Å². The summed E-state index contributed by atoms with van der Waals surface area (Å²) in [6.07, 6.45) is 2.66. The largest absolute Gasteiger partial charge is 0.441 e.